The first-order chi connectivity index (χ1) is 11.7. The highest BCUT2D eigenvalue weighted by molar-refractivity contribution is 5.78. The molecule has 0 aliphatic carbocycles. The Morgan fingerprint density at radius 3 is 3.12 bits per heavy atom. The maximum absolute atomic E-state index is 12.1. The van der Waals surface area contributed by atoms with Gasteiger partial charge in [0.2, 0.25) is 5.91 Å². The van der Waals surface area contributed by atoms with E-state index < -0.39 is 0 Å². The van der Waals surface area contributed by atoms with Gasteiger partial charge in [0.25, 0.3) is 0 Å². The number of nitriles is 1. The van der Waals surface area contributed by atoms with Gasteiger partial charge in [0, 0.05) is 31.2 Å². The van der Waals surface area contributed by atoms with Gasteiger partial charge in [-0.05, 0) is 37.1 Å². The van der Waals surface area contributed by atoms with Crippen LogP contribution in [0.3, 0.4) is 0 Å². The van der Waals surface area contributed by atoms with E-state index in [1.54, 1.807) is 6.20 Å². The quantitative estimate of drug-likeness (QED) is 0.873. The van der Waals surface area contributed by atoms with Crippen LogP contribution in [0.5, 0.6) is 0 Å². The molecule has 1 saturated heterocycles. The summed E-state index contributed by atoms with van der Waals surface area (Å²) >= 11 is 0. The number of aromatic nitrogens is 1. The van der Waals surface area contributed by atoms with Crippen LogP contribution in [-0.2, 0) is 11.2 Å². The van der Waals surface area contributed by atoms with Gasteiger partial charge in [0.15, 0.2) is 0 Å². The summed E-state index contributed by atoms with van der Waals surface area (Å²) in [5.74, 6) is 0.0269. The summed E-state index contributed by atoms with van der Waals surface area (Å²) < 4.78 is 0. The van der Waals surface area contributed by atoms with Crippen molar-refractivity contribution in [1.82, 2.24) is 20.5 Å². The number of nitrogens with zero attached hydrogens (tertiary/aromatic N) is 3. The molecule has 1 fully saturated rings. The molecule has 24 heavy (non-hydrogen) atoms. The predicted octanol–water partition coefficient (Wildman–Crippen LogP) is 1.30. The van der Waals surface area contributed by atoms with Crippen LogP contribution < -0.4 is 10.6 Å². The molecular weight excluding hydrogens is 302 g/mol. The number of allylic oxidation sites excluding steroid dienone is 1. The van der Waals surface area contributed by atoms with E-state index in [4.69, 9.17) is 5.26 Å². The molecule has 0 aromatic carbocycles. The van der Waals surface area contributed by atoms with Gasteiger partial charge in [-0.25, -0.2) is 0 Å². The van der Waals surface area contributed by atoms with Crippen molar-refractivity contribution in [2.75, 3.05) is 13.1 Å². The number of amides is 1. The zero-order chi connectivity index (χ0) is 16.8. The van der Waals surface area contributed by atoms with Crippen LogP contribution in [0.25, 0.3) is 0 Å². The molecule has 0 bridgehead atoms. The molecule has 2 unspecified atom stereocenters. The molecule has 0 spiro atoms. The van der Waals surface area contributed by atoms with Crippen molar-refractivity contribution in [3.63, 3.8) is 0 Å². The Bertz CT molecular complexity index is 676. The summed E-state index contributed by atoms with van der Waals surface area (Å²) in [7, 11) is 0. The summed E-state index contributed by atoms with van der Waals surface area (Å²) in [6, 6.07) is 7.89. The van der Waals surface area contributed by atoms with Crippen LogP contribution >= 0.6 is 0 Å². The van der Waals surface area contributed by atoms with Crippen LogP contribution in [0.4, 0.5) is 0 Å². The van der Waals surface area contributed by atoms with Crippen molar-refractivity contribution in [3.8, 4) is 6.07 Å². The number of likely N-dealkylation sites (tertiary alicyclic amines) is 1. The summed E-state index contributed by atoms with van der Waals surface area (Å²) in [6.07, 6.45) is 9.58. The number of carbonyl (C=O) groups is 1. The number of piperidine rings is 1. The van der Waals surface area contributed by atoms with Crippen molar-refractivity contribution >= 4 is 5.91 Å². The first-order valence-electron chi connectivity index (χ1n) is 8.23. The van der Waals surface area contributed by atoms with E-state index in [2.05, 4.69) is 26.6 Å². The third-order valence-electron chi connectivity index (χ3n) is 4.22. The lowest BCUT2D eigenvalue weighted by Gasteiger charge is -2.34. The van der Waals surface area contributed by atoms with E-state index in [1.807, 2.05) is 36.6 Å². The number of carbonyl (C=O) groups excluding carboxylic acids is 1. The minimum atomic E-state index is -0.221. The van der Waals surface area contributed by atoms with Gasteiger partial charge in [0.05, 0.1) is 24.1 Å². The molecule has 6 heteroatoms. The highest BCUT2D eigenvalue weighted by atomic mass is 16.1. The molecular formula is C18H21N5O. The number of hydrogen-bond donors (Lipinski definition) is 2. The number of hydrogen-bond acceptors (Lipinski definition) is 5. The lowest BCUT2D eigenvalue weighted by molar-refractivity contribution is -0.121. The Balaban J connectivity index is 1.49. The topological polar surface area (TPSA) is 81.0 Å². The van der Waals surface area contributed by atoms with E-state index in [0.29, 0.717) is 0 Å². The Morgan fingerprint density at radius 2 is 2.42 bits per heavy atom. The first kappa shape index (κ1) is 16.1. The van der Waals surface area contributed by atoms with Crippen molar-refractivity contribution in [1.29, 1.82) is 5.26 Å². The maximum Gasteiger partial charge on any atom is 0.227 e. The van der Waals surface area contributed by atoms with E-state index in [-0.39, 0.29) is 24.4 Å². The summed E-state index contributed by atoms with van der Waals surface area (Å²) in [5.41, 5.74) is 1.81. The van der Waals surface area contributed by atoms with Gasteiger partial charge in [-0.3, -0.25) is 9.78 Å². The third kappa shape index (κ3) is 4.13. The number of nitrogens with one attached hydrogen (secondary N) is 2. The van der Waals surface area contributed by atoms with E-state index in [9.17, 15) is 4.79 Å². The maximum atomic E-state index is 12.1. The summed E-state index contributed by atoms with van der Waals surface area (Å²) in [5, 5.41) is 15.2. The fraction of sp³-hybridized carbons (Fsp3) is 0.389. The predicted molar refractivity (Wildman–Crippen MR) is 90.1 cm³/mol. The van der Waals surface area contributed by atoms with Crippen molar-refractivity contribution in [2.45, 2.75) is 25.4 Å². The van der Waals surface area contributed by atoms with Crippen molar-refractivity contribution < 1.29 is 4.79 Å². The molecule has 3 heterocycles. The second-order valence-electron chi connectivity index (χ2n) is 6.05. The van der Waals surface area contributed by atoms with E-state index in [1.165, 1.54) is 0 Å². The highest BCUT2D eigenvalue weighted by Gasteiger charge is 2.22. The molecule has 1 amide bonds. The molecule has 0 saturated carbocycles. The second-order valence-corrected chi connectivity index (χ2v) is 6.05. The lowest BCUT2D eigenvalue weighted by atomic mass is 9.99. The van der Waals surface area contributed by atoms with Crippen LogP contribution in [0.1, 0.15) is 18.5 Å². The van der Waals surface area contributed by atoms with Gasteiger partial charge in [0.1, 0.15) is 6.17 Å². The highest BCUT2D eigenvalue weighted by Crippen LogP contribution is 2.20. The third-order valence-corrected chi connectivity index (χ3v) is 4.22. The molecule has 124 valence electrons. The Kier molecular flexibility index (Phi) is 5.12. The molecule has 1 aromatic rings. The average Bonchev–Trinajstić information content (AvgIpc) is 2.63. The summed E-state index contributed by atoms with van der Waals surface area (Å²) in [4.78, 5) is 18.4. The van der Waals surface area contributed by atoms with Crippen molar-refractivity contribution in [2.24, 2.45) is 5.92 Å². The van der Waals surface area contributed by atoms with Gasteiger partial charge in [-0.2, -0.15) is 5.26 Å². The van der Waals surface area contributed by atoms with E-state index >= 15 is 0 Å². The average molecular weight is 323 g/mol. The molecule has 2 aliphatic heterocycles. The standard InChI is InChI=1S/C18H21N5O/c19-11-14-4-3-9-23(13-14)16-6-7-17(21-12-16)22-18(24)10-15-5-1-2-8-20-15/h1-2,5-8,12,14,17,21H,3-4,9-10,13H2,(H,22,24). The minimum Gasteiger partial charge on any atom is -0.369 e. The number of pyridine rings is 1. The second kappa shape index (κ2) is 7.64. The molecule has 2 N–H and O–H groups in total. The van der Waals surface area contributed by atoms with Crippen LogP contribution in [0.2, 0.25) is 0 Å². The van der Waals surface area contributed by atoms with Crippen LogP contribution in [0.15, 0.2) is 48.4 Å². The van der Waals surface area contributed by atoms with E-state index in [0.717, 1.165) is 37.3 Å². The van der Waals surface area contributed by atoms with Crippen molar-refractivity contribution in [3.05, 3.63) is 54.1 Å². The largest absolute Gasteiger partial charge is 0.369 e. The van der Waals surface area contributed by atoms with Gasteiger partial charge in [-0.1, -0.05) is 6.07 Å². The van der Waals surface area contributed by atoms with Crippen LogP contribution in [-0.4, -0.2) is 35.0 Å². The monoisotopic (exact) mass is 323 g/mol. The van der Waals surface area contributed by atoms with Crippen LogP contribution in [0, 0.1) is 17.2 Å². The Labute approximate surface area is 141 Å². The fourth-order valence-corrected chi connectivity index (χ4v) is 2.97. The molecule has 0 radical (unpaired) electrons. The molecule has 3 rings (SSSR count). The summed E-state index contributed by atoms with van der Waals surface area (Å²) in [6.45, 7) is 1.73. The molecule has 2 atom stereocenters. The number of dihydropyridines is 1. The molecule has 2 aliphatic rings. The zero-order valence-electron chi connectivity index (χ0n) is 13.5. The Hall–Kier alpha value is -2.81. The fourth-order valence-electron chi connectivity index (χ4n) is 2.97. The first-order valence-corrected chi connectivity index (χ1v) is 8.23. The minimum absolute atomic E-state index is 0.0739. The molecule has 1 aromatic heterocycles. The smallest absolute Gasteiger partial charge is 0.227 e. The lowest BCUT2D eigenvalue weighted by Crippen LogP contribution is -2.45. The Morgan fingerprint density at radius 1 is 1.50 bits per heavy atom. The van der Waals surface area contributed by atoms with Gasteiger partial charge >= 0.3 is 0 Å². The molecule has 6 nitrogen and oxygen atoms in total. The zero-order valence-corrected chi connectivity index (χ0v) is 13.5. The SMILES string of the molecule is N#CC1CCCN(C2=CNC(NC(=O)Cc3ccccn3)C=C2)C1. The van der Waals surface area contributed by atoms with Gasteiger partial charge in [-0.15, -0.1) is 0 Å². The number of rotatable bonds is 4. The normalized spacial score (nSPS) is 23.0. The van der Waals surface area contributed by atoms with Gasteiger partial charge < -0.3 is 15.5 Å².